The summed E-state index contributed by atoms with van der Waals surface area (Å²) >= 11 is 0. The van der Waals surface area contributed by atoms with E-state index in [4.69, 9.17) is 0 Å². The standard InChI is InChI=1S/C21H27N5O2S/c1-23(2)29(27,28)20-7-5-6-18(14-20)15-24-10-12-25(13-11-24)16-19-17-26-9-4-3-8-21(26)22-19/h3-9,14,17H,10-13,15-16H2,1-2H3. The Labute approximate surface area is 172 Å². The van der Waals surface area contributed by atoms with Gasteiger partial charge in [0, 0.05) is 65.8 Å². The number of hydrogen-bond donors (Lipinski definition) is 0. The zero-order chi connectivity index (χ0) is 20.4. The molecular weight excluding hydrogens is 386 g/mol. The molecule has 1 fully saturated rings. The molecule has 1 aromatic carbocycles. The lowest BCUT2D eigenvalue weighted by atomic mass is 10.2. The molecule has 29 heavy (non-hydrogen) atoms. The van der Waals surface area contributed by atoms with Crippen molar-refractivity contribution in [2.45, 2.75) is 18.0 Å². The van der Waals surface area contributed by atoms with Crippen molar-refractivity contribution in [3.63, 3.8) is 0 Å². The quantitative estimate of drug-likeness (QED) is 0.618. The number of rotatable bonds is 6. The van der Waals surface area contributed by atoms with Crippen molar-refractivity contribution >= 4 is 15.7 Å². The van der Waals surface area contributed by atoms with Gasteiger partial charge in [0.1, 0.15) is 5.65 Å². The smallest absolute Gasteiger partial charge is 0.242 e. The van der Waals surface area contributed by atoms with Crippen LogP contribution in [-0.2, 0) is 23.1 Å². The van der Waals surface area contributed by atoms with Crippen molar-refractivity contribution in [3.05, 3.63) is 66.1 Å². The molecule has 0 unspecified atom stereocenters. The molecule has 0 spiro atoms. The predicted molar refractivity (Wildman–Crippen MR) is 113 cm³/mol. The Morgan fingerprint density at radius 1 is 0.966 bits per heavy atom. The second kappa shape index (κ2) is 8.23. The van der Waals surface area contributed by atoms with Crippen molar-refractivity contribution in [2.75, 3.05) is 40.3 Å². The molecule has 0 bridgehead atoms. The molecule has 0 N–H and O–H groups in total. The second-order valence-electron chi connectivity index (χ2n) is 7.69. The largest absolute Gasteiger partial charge is 0.307 e. The molecule has 3 heterocycles. The third-order valence-electron chi connectivity index (χ3n) is 5.35. The minimum absolute atomic E-state index is 0.352. The van der Waals surface area contributed by atoms with Crippen LogP contribution in [0.3, 0.4) is 0 Å². The summed E-state index contributed by atoms with van der Waals surface area (Å²) < 4.78 is 28.0. The molecule has 2 aromatic heterocycles. The summed E-state index contributed by atoms with van der Waals surface area (Å²) in [6, 6.07) is 13.3. The monoisotopic (exact) mass is 413 g/mol. The number of imidazole rings is 1. The van der Waals surface area contributed by atoms with Gasteiger partial charge in [0.15, 0.2) is 0 Å². The van der Waals surface area contributed by atoms with Crippen molar-refractivity contribution in [2.24, 2.45) is 0 Å². The van der Waals surface area contributed by atoms with Crippen molar-refractivity contribution in [1.29, 1.82) is 0 Å². The molecule has 1 aliphatic rings. The maximum atomic E-state index is 12.4. The van der Waals surface area contributed by atoms with Gasteiger partial charge in [-0.15, -0.1) is 0 Å². The summed E-state index contributed by atoms with van der Waals surface area (Å²) in [5.74, 6) is 0. The fourth-order valence-corrected chi connectivity index (χ4v) is 4.64. The van der Waals surface area contributed by atoms with Crippen LogP contribution in [-0.4, -0.2) is 72.2 Å². The van der Waals surface area contributed by atoms with Gasteiger partial charge in [0.2, 0.25) is 10.0 Å². The maximum Gasteiger partial charge on any atom is 0.242 e. The predicted octanol–water partition coefficient (Wildman–Crippen LogP) is 1.90. The topological polar surface area (TPSA) is 61.2 Å². The third kappa shape index (κ3) is 4.51. The Morgan fingerprint density at radius 3 is 2.38 bits per heavy atom. The highest BCUT2D eigenvalue weighted by atomic mass is 32.2. The van der Waals surface area contributed by atoms with E-state index in [-0.39, 0.29) is 0 Å². The van der Waals surface area contributed by atoms with Crippen LogP contribution in [0.4, 0.5) is 0 Å². The Balaban J connectivity index is 1.34. The first-order chi connectivity index (χ1) is 13.9. The molecule has 8 heteroatoms. The van der Waals surface area contributed by atoms with Crippen LogP contribution < -0.4 is 0 Å². The van der Waals surface area contributed by atoms with Crippen LogP contribution in [0.5, 0.6) is 0 Å². The SMILES string of the molecule is CN(C)S(=O)(=O)c1cccc(CN2CCN(Cc3cn4ccccc4n3)CC2)c1. The number of piperazine rings is 1. The molecule has 0 radical (unpaired) electrons. The van der Waals surface area contributed by atoms with Crippen LogP contribution in [0.15, 0.2) is 59.8 Å². The van der Waals surface area contributed by atoms with Crippen LogP contribution in [0.25, 0.3) is 5.65 Å². The average Bonchev–Trinajstić information content (AvgIpc) is 3.12. The van der Waals surface area contributed by atoms with Crippen LogP contribution in [0, 0.1) is 0 Å². The first-order valence-electron chi connectivity index (χ1n) is 9.80. The molecule has 4 rings (SSSR count). The van der Waals surface area contributed by atoms with Gasteiger partial charge in [-0.1, -0.05) is 18.2 Å². The molecule has 7 nitrogen and oxygen atoms in total. The Kier molecular flexibility index (Phi) is 5.69. The fraction of sp³-hybridized carbons (Fsp3) is 0.381. The fourth-order valence-electron chi connectivity index (χ4n) is 3.67. The van der Waals surface area contributed by atoms with Crippen LogP contribution >= 0.6 is 0 Å². The molecule has 0 saturated carbocycles. The first-order valence-corrected chi connectivity index (χ1v) is 11.2. The molecule has 3 aromatic rings. The summed E-state index contributed by atoms with van der Waals surface area (Å²) in [5.41, 5.74) is 3.10. The van der Waals surface area contributed by atoms with E-state index in [1.165, 1.54) is 4.31 Å². The highest BCUT2D eigenvalue weighted by molar-refractivity contribution is 7.89. The number of aromatic nitrogens is 2. The van der Waals surface area contributed by atoms with E-state index in [0.717, 1.165) is 56.2 Å². The van der Waals surface area contributed by atoms with Gasteiger partial charge in [-0.05, 0) is 29.8 Å². The Morgan fingerprint density at radius 2 is 1.69 bits per heavy atom. The van der Waals surface area contributed by atoms with Gasteiger partial charge < -0.3 is 4.40 Å². The van der Waals surface area contributed by atoms with E-state index in [1.807, 2.05) is 36.5 Å². The van der Waals surface area contributed by atoms with Gasteiger partial charge in [-0.25, -0.2) is 17.7 Å². The van der Waals surface area contributed by atoms with Gasteiger partial charge in [-0.3, -0.25) is 9.80 Å². The van der Waals surface area contributed by atoms with Crippen molar-refractivity contribution < 1.29 is 8.42 Å². The van der Waals surface area contributed by atoms with E-state index in [9.17, 15) is 8.42 Å². The van der Waals surface area contributed by atoms with E-state index in [1.54, 1.807) is 26.2 Å². The van der Waals surface area contributed by atoms with E-state index < -0.39 is 10.0 Å². The number of fused-ring (bicyclic) bond motifs is 1. The van der Waals surface area contributed by atoms with Crippen LogP contribution in [0.1, 0.15) is 11.3 Å². The summed E-state index contributed by atoms with van der Waals surface area (Å²) in [6.07, 6.45) is 4.12. The van der Waals surface area contributed by atoms with E-state index in [0.29, 0.717) is 4.90 Å². The highest BCUT2D eigenvalue weighted by Crippen LogP contribution is 2.17. The number of hydrogen-bond acceptors (Lipinski definition) is 5. The normalized spacial score (nSPS) is 16.7. The lowest BCUT2D eigenvalue weighted by Gasteiger charge is -2.34. The lowest BCUT2D eigenvalue weighted by Crippen LogP contribution is -2.45. The minimum Gasteiger partial charge on any atom is -0.307 e. The second-order valence-corrected chi connectivity index (χ2v) is 9.84. The zero-order valence-electron chi connectivity index (χ0n) is 16.9. The van der Waals surface area contributed by atoms with Crippen molar-refractivity contribution in [1.82, 2.24) is 23.5 Å². The molecule has 0 aliphatic carbocycles. The number of nitrogens with zero attached hydrogens (tertiary/aromatic N) is 5. The highest BCUT2D eigenvalue weighted by Gasteiger charge is 2.20. The van der Waals surface area contributed by atoms with Gasteiger partial charge >= 0.3 is 0 Å². The zero-order valence-corrected chi connectivity index (χ0v) is 17.7. The molecule has 1 saturated heterocycles. The first kappa shape index (κ1) is 20.0. The summed E-state index contributed by atoms with van der Waals surface area (Å²) in [5, 5.41) is 0. The van der Waals surface area contributed by atoms with Crippen molar-refractivity contribution in [3.8, 4) is 0 Å². The van der Waals surface area contributed by atoms with Gasteiger partial charge in [-0.2, -0.15) is 0 Å². The molecule has 0 atom stereocenters. The minimum atomic E-state index is -3.40. The molecule has 1 aliphatic heterocycles. The Hall–Kier alpha value is -2.26. The average molecular weight is 414 g/mol. The lowest BCUT2D eigenvalue weighted by molar-refractivity contribution is 0.121. The summed E-state index contributed by atoms with van der Waals surface area (Å²) in [7, 11) is -0.277. The summed E-state index contributed by atoms with van der Waals surface area (Å²) in [6.45, 7) is 5.48. The maximum absolute atomic E-state index is 12.4. The molecule has 0 amide bonds. The van der Waals surface area contributed by atoms with E-state index in [2.05, 4.69) is 25.4 Å². The number of benzene rings is 1. The molecule has 154 valence electrons. The van der Waals surface area contributed by atoms with Crippen LogP contribution in [0.2, 0.25) is 0 Å². The van der Waals surface area contributed by atoms with E-state index >= 15 is 0 Å². The summed E-state index contributed by atoms with van der Waals surface area (Å²) in [4.78, 5) is 9.84. The molecular formula is C21H27N5O2S. The number of sulfonamides is 1. The van der Waals surface area contributed by atoms with Gasteiger partial charge in [0.05, 0.1) is 10.6 Å². The third-order valence-corrected chi connectivity index (χ3v) is 7.16. The number of pyridine rings is 1. The van der Waals surface area contributed by atoms with Gasteiger partial charge in [0.25, 0.3) is 0 Å². The Bertz CT molecular complexity index is 1050.